The van der Waals surface area contributed by atoms with Crippen molar-refractivity contribution in [3.05, 3.63) is 44.9 Å². The van der Waals surface area contributed by atoms with Gasteiger partial charge in [-0.1, -0.05) is 13.0 Å². The second-order valence-corrected chi connectivity index (χ2v) is 6.82. The molecule has 0 spiro atoms. The molecule has 3 nitrogen and oxygen atoms in total. The molecule has 0 amide bonds. The smallest absolute Gasteiger partial charge is 0.119 e. The van der Waals surface area contributed by atoms with E-state index >= 15 is 0 Å². The van der Waals surface area contributed by atoms with Gasteiger partial charge < -0.3 is 10.1 Å². The van der Waals surface area contributed by atoms with Crippen LogP contribution < -0.4 is 10.1 Å². The number of hydrogen-bond donors (Lipinski definition) is 1. The molecule has 2 aromatic rings. The third kappa shape index (κ3) is 2.27. The lowest BCUT2D eigenvalue weighted by atomic mass is 9.92. The van der Waals surface area contributed by atoms with Gasteiger partial charge in [0, 0.05) is 4.88 Å². The molecule has 4 heteroatoms. The van der Waals surface area contributed by atoms with Crippen molar-refractivity contribution in [2.24, 2.45) is 0 Å². The Balaban J connectivity index is 2.17. The van der Waals surface area contributed by atoms with Gasteiger partial charge in [-0.05, 0) is 56.5 Å². The van der Waals surface area contributed by atoms with Crippen LogP contribution in [0.3, 0.4) is 0 Å². The Bertz CT molecular complexity index is 641. The van der Waals surface area contributed by atoms with Crippen LogP contribution >= 0.6 is 11.3 Å². The summed E-state index contributed by atoms with van der Waals surface area (Å²) in [5, 5.41) is 4.90. The number of fused-ring (bicyclic) bond motifs is 1. The summed E-state index contributed by atoms with van der Waals surface area (Å²) in [5.41, 5.74) is 3.73. The molecule has 0 bridgehead atoms. The van der Waals surface area contributed by atoms with Crippen molar-refractivity contribution in [1.82, 2.24) is 10.3 Å². The molecule has 1 heterocycles. The molecule has 1 aromatic carbocycles. The molecule has 1 N–H and O–H groups in total. The Hall–Kier alpha value is -1.39. The van der Waals surface area contributed by atoms with E-state index in [1.807, 2.05) is 11.3 Å². The molecule has 1 aliphatic rings. The van der Waals surface area contributed by atoms with Crippen LogP contribution in [0.15, 0.2) is 18.2 Å². The van der Waals surface area contributed by atoms with Crippen LogP contribution in [0.5, 0.6) is 5.75 Å². The summed E-state index contributed by atoms with van der Waals surface area (Å²) in [7, 11) is 1.73. The molecule has 0 saturated carbocycles. The van der Waals surface area contributed by atoms with Gasteiger partial charge in [-0.3, -0.25) is 0 Å². The van der Waals surface area contributed by atoms with Gasteiger partial charge in [0.15, 0.2) is 0 Å². The van der Waals surface area contributed by atoms with Crippen LogP contribution in [0.2, 0.25) is 0 Å². The molecule has 0 radical (unpaired) electrons. The molecule has 1 unspecified atom stereocenters. The van der Waals surface area contributed by atoms with Crippen LogP contribution in [0, 0.1) is 13.8 Å². The number of aryl methyl sites for hydroxylation is 3. The highest BCUT2D eigenvalue weighted by Crippen LogP contribution is 2.45. The number of rotatable bonds is 4. The van der Waals surface area contributed by atoms with Crippen molar-refractivity contribution in [2.45, 2.75) is 39.2 Å². The van der Waals surface area contributed by atoms with Crippen LogP contribution in [-0.4, -0.2) is 18.6 Å². The average Bonchev–Trinajstić information content (AvgIpc) is 3.02. The van der Waals surface area contributed by atoms with Crippen LogP contribution in [-0.2, 0) is 12.0 Å². The topological polar surface area (TPSA) is 34.2 Å². The quantitative estimate of drug-likeness (QED) is 0.937. The number of ether oxygens (including phenoxy) is 1. The molecule has 0 saturated heterocycles. The van der Waals surface area contributed by atoms with Gasteiger partial charge in [0.25, 0.3) is 0 Å². The molecule has 3 rings (SSSR count). The van der Waals surface area contributed by atoms with E-state index < -0.39 is 0 Å². The van der Waals surface area contributed by atoms with Gasteiger partial charge in [0.05, 0.1) is 18.3 Å². The predicted molar refractivity (Wildman–Crippen MR) is 87.4 cm³/mol. The number of aromatic nitrogens is 1. The lowest BCUT2D eigenvalue weighted by Gasteiger charge is -2.29. The first-order chi connectivity index (χ1) is 10.1. The fourth-order valence-corrected chi connectivity index (χ4v) is 4.32. The van der Waals surface area contributed by atoms with E-state index in [0.717, 1.165) is 30.8 Å². The van der Waals surface area contributed by atoms with Crippen molar-refractivity contribution in [3.8, 4) is 5.75 Å². The summed E-state index contributed by atoms with van der Waals surface area (Å²) < 4.78 is 5.43. The summed E-state index contributed by atoms with van der Waals surface area (Å²) in [5.74, 6) is 0.919. The Morgan fingerprint density at radius 1 is 1.38 bits per heavy atom. The number of nitrogens with zero attached hydrogens (tertiary/aromatic N) is 1. The molecule has 112 valence electrons. The zero-order valence-electron chi connectivity index (χ0n) is 13.1. The van der Waals surface area contributed by atoms with E-state index in [0.29, 0.717) is 0 Å². The predicted octanol–water partition coefficient (Wildman–Crippen LogP) is 3.57. The highest BCUT2D eigenvalue weighted by molar-refractivity contribution is 7.11. The zero-order valence-corrected chi connectivity index (χ0v) is 13.9. The number of thiazole rings is 1. The van der Waals surface area contributed by atoms with Crippen LogP contribution in [0.25, 0.3) is 0 Å². The molecule has 21 heavy (non-hydrogen) atoms. The standard InChI is InChI=1S/C17H22N2OS/c1-5-18-17(16-19-11(2)12(3)21-16)9-8-13-6-7-14(20-4)10-15(13)17/h6-7,10,18H,5,8-9H2,1-4H3. The Morgan fingerprint density at radius 3 is 2.81 bits per heavy atom. The number of nitrogens with one attached hydrogen (secondary N) is 1. The summed E-state index contributed by atoms with van der Waals surface area (Å²) in [4.78, 5) is 6.16. The summed E-state index contributed by atoms with van der Waals surface area (Å²) >= 11 is 1.81. The Morgan fingerprint density at radius 2 is 2.19 bits per heavy atom. The van der Waals surface area contributed by atoms with Crippen LogP contribution in [0.4, 0.5) is 0 Å². The van der Waals surface area contributed by atoms with Crippen molar-refractivity contribution in [1.29, 1.82) is 0 Å². The highest BCUT2D eigenvalue weighted by Gasteiger charge is 2.42. The maximum absolute atomic E-state index is 5.43. The monoisotopic (exact) mass is 302 g/mol. The van der Waals surface area contributed by atoms with E-state index in [9.17, 15) is 0 Å². The SMILES string of the molecule is CCNC1(c2nc(C)c(C)s2)CCc2ccc(OC)cc21. The Labute approximate surface area is 130 Å². The minimum Gasteiger partial charge on any atom is -0.497 e. The van der Waals surface area contributed by atoms with Gasteiger partial charge in [0.1, 0.15) is 10.8 Å². The maximum Gasteiger partial charge on any atom is 0.119 e. The zero-order chi connectivity index (χ0) is 15.0. The fraction of sp³-hybridized carbons (Fsp3) is 0.471. The Kier molecular flexibility index (Phi) is 3.76. The average molecular weight is 302 g/mol. The molecule has 0 aliphatic heterocycles. The largest absolute Gasteiger partial charge is 0.497 e. The molecule has 1 aromatic heterocycles. The molecular weight excluding hydrogens is 280 g/mol. The second-order valence-electron chi connectivity index (χ2n) is 5.62. The second kappa shape index (κ2) is 5.43. The van der Waals surface area contributed by atoms with Gasteiger partial charge in [0.2, 0.25) is 0 Å². The number of hydrogen-bond acceptors (Lipinski definition) is 4. The van der Waals surface area contributed by atoms with E-state index in [1.165, 1.54) is 21.0 Å². The van der Waals surface area contributed by atoms with Crippen molar-refractivity contribution < 1.29 is 4.74 Å². The van der Waals surface area contributed by atoms with E-state index in [-0.39, 0.29) is 5.54 Å². The number of benzene rings is 1. The summed E-state index contributed by atoms with van der Waals surface area (Å²) in [6.07, 6.45) is 2.15. The fourth-order valence-electron chi connectivity index (χ4n) is 3.19. The maximum atomic E-state index is 5.43. The third-order valence-corrected chi connectivity index (χ3v) is 5.65. The molecular formula is C17H22N2OS. The normalized spacial score (nSPS) is 20.6. The lowest BCUT2D eigenvalue weighted by Crippen LogP contribution is -2.41. The van der Waals surface area contributed by atoms with E-state index in [2.05, 4.69) is 44.3 Å². The van der Waals surface area contributed by atoms with Crippen molar-refractivity contribution in [3.63, 3.8) is 0 Å². The van der Waals surface area contributed by atoms with Crippen molar-refractivity contribution in [2.75, 3.05) is 13.7 Å². The third-order valence-electron chi connectivity index (χ3n) is 4.42. The minimum atomic E-state index is -0.150. The first-order valence-corrected chi connectivity index (χ1v) is 8.29. The lowest BCUT2D eigenvalue weighted by molar-refractivity contribution is 0.397. The van der Waals surface area contributed by atoms with Crippen molar-refractivity contribution >= 4 is 11.3 Å². The minimum absolute atomic E-state index is 0.150. The van der Waals surface area contributed by atoms with Gasteiger partial charge >= 0.3 is 0 Å². The first kappa shape index (κ1) is 14.5. The molecule has 0 fully saturated rings. The van der Waals surface area contributed by atoms with Gasteiger partial charge in [-0.15, -0.1) is 11.3 Å². The van der Waals surface area contributed by atoms with Gasteiger partial charge in [-0.2, -0.15) is 0 Å². The summed E-state index contributed by atoms with van der Waals surface area (Å²) in [6, 6.07) is 6.43. The molecule has 1 atom stereocenters. The summed E-state index contributed by atoms with van der Waals surface area (Å²) in [6.45, 7) is 7.33. The molecule has 1 aliphatic carbocycles. The highest BCUT2D eigenvalue weighted by atomic mass is 32.1. The van der Waals surface area contributed by atoms with E-state index in [1.54, 1.807) is 7.11 Å². The van der Waals surface area contributed by atoms with Crippen LogP contribution in [0.1, 0.15) is 40.1 Å². The van der Waals surface area contributed by atoms with E-state index in [4.69, 9.17) is 9.72 Å². The number of methoxy groups -OCH3 is 1. The van der Waals surface area contributed by atoms with Gasteiger partial charge in [-0.25, -0.2) is 4.98 Å². The first-order valence-electron chi connectivity index (χ1n) is 7.47.